The van der Waals surface area contributed by atoms with Gasteiger partial charge < -0.3 is 10.6 Å². The molecule has 1 unspecified atom stereocenters. The quantitative estimate of drug-likeness (QED) is 0.920. The zero-order valence-electron chi connectivity index (χ0n) is 11.6. The van der Waals surface area contributed by atoms with Crippen LogP contribution in [0, 0.1) is 11.8 Å². The van der Waals surface area contributed by atoms with Gasteiger partial charge in [-0.1, -0.05) is 20.8 Å². The van der Waals surface area contributed by atoms with Gasteiger partial charge in [0.2, 0.25) is 0 Å². The number of anilines is 2. The van der Waals surface area contributed by atoms with Crippen LogP contribution in [-0.4, -0.2) is 31.6 Å². The third-order valence-corrected chi connectivity index (χ3v) is 6.64. The van der Waals surface area contributed by atoms with Crippen molar-refractivity contribution in [2.45, 2.75) is 32.1 Å². The molecule has 2 heterocycles. The molecule has 108 valence electrons. The Balaban J connectivity index is 2.33. The van der Waals surface area contributed by atoms with Crippen LogP contribution in [0.5, 0.6) is 0 Å². The summed E-state index contributed by atoms with van der Waals surface area (Å²) >= 11 is 1.20. The maximum atomic E-state index is 12.1. The number of sulfone groups is 1. The Morgan fingerprint density at radius 1 is 1.53 bits per heavy atom. The molecular weight excluding hydrogens is 282 g/mol. The van der Waals surface area contributed by atoms with Crippen LogP contribution < -0.4 is 10.6 Å². The van der Waals surface area contributed by atoms with E-state index in [1.807, 2.05) is 0 Å². The van der Waals surface area contributed by atoms with E-state index in [4.69, 9.17) is 5.73 Å². The first kappa shape index (κ1) is 14.6. The molecule has 1 saturated heterocycles. The number of rotatable bonds is 4. The highest BCUT2D eigenvalue weighted by Crippen LogP contribution is 2.38. The molecule has 19 heavy (non-hydrogen) atoms. The number of hydrogen-bond acceptors (Lipinski definition) is 6. The van der Waals surface area contributed by atoms with Crippen LogP contribution >= 0.6 is 11.5 Å². The molecule has 1 aromatic heterocycles. The minimum Gasteiger partial charge on any atom is -0.382 e. The van der Waals surface area contributed by atoms with Crippen molar-refractivity contribution in [2.75, 3.05) is 29.5 Å². The summed E-state index contributed by atoms with van der Waals surface area (Å²) in [5.74, 6) is 1.43. The molecule has 2 N–H and O–H groups in total. The Kier molecular flexibility index (Phi) is 4.06. The van der Waals surface area contributed by atoms with Gasteiger partial charge in [-0.15, -0.1) is 0 Å². The van der Waals surface area contributed by atoms with Crippen molar-refractivity contribution in [3.05, 3.63) is 0 Å². The highest BCUT2D eigenvalue weighted by molar-refractivity contribution is 7.91. The number of aromatic nitrogens is 1. The number of nitrogens with two attached hydrogens (primary N) is 1. The summed E-state index contributed by atoms with van der Waals surface area (Å²) in [6.45, 7) is 7.83. The van der Waals surface area contributed by atoms with Gasteiger partial charge in [0, 0.05) is 13.1 Å². The Morgan fingerprint density at radius 3 is 2.74 bits per heavy atom. The van der Waals surface area contributed by atoms with Gasteiger partial charge in [-0.25, -0.2) is 8.42 Å². The summed E-state index contributed by atoms with van der Waals surface area (Å²) in [5, 5.41) is 0.725. The van der Waals surface area contributed by atoms with E-state index in [1.54, 1.807) is 6.92 Å². The van der Waals surface area contributed by atoms with E-state index < -0.39 is 9.84 Å². The highest BCUT2D eigenvalue weighted by Gasteiger charge is 2.32. The van der Waals surface area contributed by atoms with Gasteiger partial charge in [-0.05, 0) is 29.8 Å². The molecule has 1 aromatic rings. The van der Waals surface area contributed by atoms with Crippen LogP contribution in [0.25, 0.3) is 0 Å². The van der Waals surface area contributed by atoms with Crippen molar-refractivity contribution in [1.29, 1.82) is 0 Å². The van der Waals surface area contributed by atoms with Gasteiger partial charge in [0.25, 0.3) is 0 Å². The lowest BCUT2D eigenvalue weighted by Gasteiger charge is -2.19. The fourth-order valence-corrected chi connectivity index (χ4v) is 4.78. The van der Waals surface area contributed by atoms with E-state index in [9.17, 15) is 8.42 Å². The number of nitrogen functional groups attached to an aromatic ring is 1. The van der Waals surface area contributed by atoms with Crippen molar-refractivity contribution in [1.82, 2.24) is 4.37 Å². The van der Waals surface area contributed by atoms with Crippen molar-refractivity contribution in [2.24, 2.45) is 11.8 Å². The molecule has 0 saturated carbocycles. The van der Waals surface area contributed by atoms with E-state index in [1.165, 1.54) is 11.5 Å². The van der Waals surface area contributed by atoms with Crippen LogP contribution in [0.2, 0.25) is 0 Å². The van der Waals surface area contributed by atoms with Gasteiger partial charge in [0.1, 0.15) is 9.90 Å². The van der Waals surface area contributed by atoms with Crippen molar-refractivity contribution in [3.8, 4) is 0 Å². The summed E-state index contributed by atoms with van der Waals surface area (Å²) in [7, 11) is -3.31. The first-order valence-corrected chi connectivity index (χ1v) is 9.02. The molecule has 2 rings (SSSR count). The molecule has 0 aliphatic carbocycles. The molecule has 5 nitrogen and oxygen atoms in total. The van der Waals surface area contributed by atoms with Crippen LogP contribution in [0.4, 0.5) is 10.8 Å². The van der Waals surface area contributed by atoms with Crippen LogP contribution in [-0.2, 0) is 9.84 Å². The Morgan fingerprint density at radius 2 is 2.21 bits per heavy atom. The third-order valence-electron chi connectivity index (χ3n) is 3.80. The Labute approximate surface area is 118 Å². The van der Waals surface area contributed by atoms with Gasteiger partial charge in [-0.3, -0.25) is 0 Å². The van der Waals surface area contributed by atoms with E-state index in [2.05, 4.69) is 23.1 Å². The molecular formula is C12H21N3O2S2. The zero-order valence-corrected chi connectivity index (χ0v) is 13.2. The second-order valence-corrected chi connectivity index (χ2v) is 8.31. The molecule has 1 aliphatic rings. The topological polar surface area (TPSA) is 76.3 Å². The molecule has 1 atom stereocenters. The minimum atomic E-state index is -3.31. The molecule has 0 aromatic carbocycles. The normalized spacial score (nSPS) is 20.4. The monoisotopic (exact) mass is 303 g/mol. The van der Waals surface area contributed by atoms with E-state index in [-0.39, 0.29) is 16.5 Å². The van der Waals surface area contributed by atoms with E-state index >= 15 is 0 Å². The van der Waals surface area contributed by atoms with Gasteiger partial charge in [-0.2, -0.15) is 4.37 Å². The van der Waals surface area contributed by atoms with Gasteiger partial charge in [0.15, 0.2) is 15.7 Å². The lowest BCUT2D eigenvalue weighted by molar-refractivity contribution is 0.423. The average Bonchev–Trinajstić information content (AvgIpc) is 2.95. The maximum Gasteiger partial charge on any atom is 0.184 e. The fraction of sp³-hybridized carbons (Fsp3) is 0.750. The van der Waals surface area contributed by atoms with Gasteiger partial charge in [0.05, 0.1) is 5.75 Å². The smallest absolute Gasteiger partial charge is 0.184 e. The van der Waals surface area contributed by atoms with E-state index in [0.717, 1.165) is 24.5 Å². The molecule has 1 aliphatic heterocycles. The lowest BCUT2D eigenvalue weighted by atomic mass is 9.95. The predicted molar refractivity (Wildman–Crippen MR) is 79.4 cm³/mol. The average molecular weight is 303 g/mol. The zero-order chi connectivity index (χ0) is 14.2. The molecule has 0 bridgehead atoms. The summed E-state index contributed by atoms with van der Waals surface area (Å²) < 4.78 is 28.3. The second kappa shape index (κ2) is 5.28. The van der Waals surface area contributed by atoms with Crippen molar-refractivity contribution in [3.63, 3.8) is 0 Å². The molecule has 0 radical (unpaired) electrons. The van der Waals surface area contributed by atoms with Crippen LogP contribution in [0.15, 0.2) is 4.90 Å². The molecule has 7 heteroatoms. The summed E-state index contributed by atoms with van der Waals surface area (Å²) in [6, 6.07) is 0. The number of nitrogens with zero attached hydrogens (tertiary/aromatic N) is 2. The standard InChI is InChI=1S/C12H21N3O2S2/c1-4-19(16,17)10-11(13)14-18-12(10)15-6-5-9(7-15)8(2)3/h8-9H,4-7H2,1-3H3,(H2,13,14). The predicted octanol–water partition coefficient (Wildman–Crippen LogP) is 2.00. The molecule has 1 fully saturated rings. The van der Waals surface area contributed by atoms with Crippen molar-refractivity contribution >= 4 is 32.2 Å². The molecule has 0 amide bonds. The maximum absolute atomic E-state index is 12.1. The number of hydrogen-bond donors (Lipinski definition) is 1. The second-order valence-electron chi connectivity index (χ2n) is 5.34. The minimum absolute atomic E-state index is 0.0596. The van der Waals surface area contributed by atoms with Crippen LogP contribution in [0.1, 0.15) is 27.2 Å². The third kappa shape index (κ3) is 2.72. The first-order valence-electron chi connectivity index (χ1n) is 6.59. The lowest BCUT2D eigenvalue weighted by Crippen LogP contribution is -2.22. The Hall–Kier alpha value is -0.820. The SMILES string of the molecule is CCS(=O)(=O)c1c(N)nsc1N1CCC(C(C)C)C1. The van der Waals surface area contributed by atoms with E-state index in [0.29, 0.717) is 11.8 Å². The summed E-state index contributed by atoms with van der Waals surface area (Å²) in [6.07, 6.45) is 1.10. The van der Waals surface area contributed by atoms with Gasteiger partial charge >= 0.3 is 0 Å². The summed E-state index contributed by atoms with van der Waals surface area (Å²) in [4.78, 5) is 2.37. The Bertz CT molecular complexity index is 551. The first-order chi connectivity index (χ1) is 8.86. The van der Waals surface area contributed by atoms with Crippen LogP contribution in [0.3, 0.4) is 0 Å². The fourth-order valence-electron chi connectivity index (χ4n) is 2.44. The summed E-state index contributed by atoms with van der Waals surface area (Å²) in [5.41, 5.74) is 5.76. The van der Waals surface area contributed by atoms with Crippen molar-refractivity contribution < 1.29 is 8.42 Å². The highest BCUT2D eigenvalue weighted by atomic mass is 32.2. The largest absolute Gasteiger partial charge is 0.382 e. The molecule has 0 spiro atoms.